The molecule has 96 valence electrons. The van der Waals surface area contributed by atoms with Crippen LogP contribution in [0.1, 0.15) is 31.5 Å². The van der Waals surface area contributed by atoms with Gasteiger partial charge in [0.05, 0.1) is 5.69 Å². The molecule has 1 aliphatic rings. The minimum absolute atomic E-state index is 0.647. The maximum Gasteiger partial charge on any atom is 0.0666 e. The lowest BCUT2D eigenvalue weighted by Gasteiger charge is -2.20. The lowest BCUT2D eigenvalue weighted by molar-refractivity contribution is 0.255. The Morgan fingerprint density at radius 3 is 2.88 bits per heavy atom. The number of hydrogen-bond donors (Lipinski definition) is 1. The van der Waals surface area contributed by atoms with E-state index in [0.29, 0.717) is 12.0 Å². The predicted octanol–water partition coefficient (Wildman–Crippen LogP) is 1.15. The second-order valence-electron chi connectivity index (χ2n) is 5.24. The topological polar surface area (TPSA) is 47.1 Å². The second kappa shape index (κ2) is 5.19. The largest absolute Gasteiger partial charge is 0.330 e. The molecule has 2 atom stereocenters. The van der Waals surface area contributed by atoms with Gasteiger partial charge in [0.1, 0.15) is 0 Å². The van der Waals surface area contributed by atoms with Crippen LogP contribution in [0, 0.1) is 5.92 Å². The molecule has 1 saturated heterocycles. The molecular weight excluding hydrogens is 212 g/mol. The summed E-state index contributed by atoms with van der Waals surface area (Å²) in [7, 11) is 2.00. The fourth-order valence-electron chi connectivity index (χ4n) is 2.84. The number of aromatic nitrogens is 2. The molecule has 0 aliphatic carbocycles. The van der Waals surface area contributed by atoms with Crippen molar-refractivity contribution >= 4 is 0 Å². The molecule has 4 heteroatoms. The molecule has 0 radical (unpaired) electrons. The Morgan fingerprint density at radius 1 is 1.53 bits per heavy atom. The van der Waals surface area contributed by atoms with Gasteiger partial charge in [0.2, 0.25) is 0 Å². The van der Waals surface area contributed by atoms with Crippen LogP contribution in [0.15, 0.2) is 6.20 Å². The summed E-state index contributed by atoms with van der Waals surface area (Å²) in [5.74, 6) is 0.673. The Kier molecular flexibility index (Phi) is 3.84. The van der Waals surface area contributed by atoms with E-state index in [0.717, 1.165) is 26.1 Å². The molecule has 2 N–H and O–H groups in total. The van der Waals surface area contributed by atoms with Gasteiger partial charge in [0.15, 0.2) is 0 Å². The minimum Gasteiger partial charge on any atom is -0.330 e. The number of rotatable bonds is 4. The van der Waals surface area contributed by atoms with Gasteiger partial charge in [0, 0.05) is 37.9 Å². The third-order valence-corrected chi connectivity index (χ3v) is 3.82. The molecule has 0 saturated carbocycles. The summed E-state index contributed by atoms with van der Waals surface area (Å²) >= 11 is 0. The summed E-state index contributed by atoms with van der Waals surface area (Å²) in [6.07, 6.45) is 4.40. The van der Waals surface area contributed by atoms with Crippen LogP contribution in [0.25, 0.3) is 0 Å². The van der Waals surface area contributed by atoms with Gasteiger partial charge >= 0.3 is 0 Å². The summed E-state index contributed by atoms with van der Waals surface area (Å²) in [5, 5.41) is 4.50. The maximum absolute atomic E-state index is 5.77. The molecule has 1 fully saturated rings. The molecule has 0 bridgehead atoms. The first kappa shape index (κ1) is 12.6. The van der Waals surface area contributed by atoms with E-state index in [1.807, 2.05) is 11.7 Å². The van der Waals surface area contributed by atoms with Crippen LogP contribution >= 0.6 is 0 Å². The van der Waals surface area contributed by atoms with Crippen LogP contribution in [0.4, 0.5) is 0 Å². The van der Waals surface area contributed by atoms with Crippen LogP contribution in [-0.4, -0.2) is 33.8 Å². The van der Waals surface area contributed by atoms with Crippen molar-refractivity contribution in [3.8, 4) is 0 Å². The number of aryl methyl sites for hydroxylation is 2. The van der Waals surface area contributed by atoms with Crippen molar-refractivity contribution in [3.05, 3.63) is 17.5 Å². The van der Waals surface area contributed by atoms with Crippen LogP contribution in [0.2, 0.25) is 0 Å². The standard InChI is InChI=1S/C13H24N4/c1-4-13-12(8-16(3)15-13)9-17-7-11(6-14)5-10(17)2/h8,10-11H,4-7,9,14H2,1-3H3. The van der Waals surface area contributed by atoms with Crippen LogP contribution in [0.3, 0.4) is 0 Å². The third-order valence-electron chi connectivity index (χ3n) is 3.82. The Morgan fingerprint density at radius 2 is 2.29 bits per heavy atom. The smallest absolute Gasteiger partial charge is 0.0666 e. The lowest BCUT2D eigenvalue weighted by atomic mass is 10.1. The van der Waals surface area contributed by atoms with Crippen molar-refractivity contribution in [1.82, 2.24) is 14.7 Å². The van der Waals surface area contributed by atoms with Crippen molar-refractivity contribution in [2.45, 2.75) is 39.3 Å². The van der Waals surface area contributed by atoms with Gasteiger partial charge in [-0.1, -0.05) is 6.92 Å². The van der Waals surface area contributed by atoms with Gasteiger partial charge in [0.25, 0.3) is 0 Å². The SMILES string of the molecule is CCc1nn(C)cc1CN1CC(CN)CC1C. The van der Waals surface area contributed by atoms with Crippen molar-refractivity contribution in [2.75, 3.05) is 13.1 Å². The zero-order valence-electron chi connectivity index (χ0n) is 11.2. The monoisotopic (exact) mass is 236 g/mol. The average Bonchev–Trinajstić information content (AvgIpc) is 2.83. The zero-order chi connectivity index (χ0) is 12.4. The van der Waals surface area contributed by atoms with Gasteiger partial charge in [-0.2, -0.15) is 5.10 Å². The van der Waals surface area contributed by atoms with E-state index >= 15 is 0 Å². The molecule has 0 amide bonds. The van der Waals surface area contributed by atoms with Crippen LogP contribution in [-0.2, 0) is 20.0 Å². The summed E-state index contributed by atoms with van der Waals surface area (Å²) in [4.78, 5) is 2.54. The van der Waals surface area contributed by atoms with E-state index in [9.17, 15) is 0 Å². The van der Waals surface area contributed by atoms with Gasteiger partial charge in [-0.05, 0) is 32.2 Å². The van der Waals surface area contributed by atoms with Crippen molar-refractivity contribution in [3.63, 3.8) is 0 Å². The Balaban J connectivity index is 2.05. The highest BCUT2D eigenvalue weighted by atomic mass is 15.3. The van der Waals surface area contributed by atoms with Gasteiger partial charge < -0.3 is 5.73 Å². The Labute approximate surface area is 104 Å². The van der Waals surface area contributed by atoms with Gasteiger partial charge in [-0.25, -0.2) is 0 Å². The van der Waals surface area contributed by atoms with E-state index < -0.39 is 0 Å². The first-order valence-electron chi connectivity index (χ1n) is 6.59. The Bertz CT molecular complexity index is 371. The minimum atomic E-state index is 0.647. The number of likely N-dealkylation sites (tertiary alicyclic amines) is 1. The zero-order valence-corrected chi connectivity index (χ0v) is 11.2. The summed E-state index contributed by atoms with van der Waals surface area (Å²) < 4.78 is 1.93. The van der Waals surface area contributed by atoms with E-state index in [2.05, 4.69) is 30.0 Å². The van der Waals surface area contributed by atoms with Gasteiger partial charge in [-0.15, -0.1) is 0 Å². The quantitative estimate of drug-likeness (QED) is 0.853. The first-order chi connectivity index (χ1) is 8.13. The van der Waals surface area contributed by atoms with Crippen molar-refractivity contribution < 1.29 is 0 Å². The second-order valence-corrected chi connectivity index (χ2v) is 5.24. The van der Waals surface area contributed by atoms with E-state index in [4.69, 9.17) is 5.73 Å². The summed E-state index contributed by atoms with van der Waals surface area (Å²) in [6.45, 7) is 7.44. The highest BCUT2D eigenvalue weighted by Crippen LogP contribution is 2.24. The summed E-state index contributed by atoms with van der Waals surface area (Å²) in [5.41, 5.74) is 8.38. The molecule has 4 nitrogen and oxygen atoms in total. The van der Waals surface area contributed by atoms with Gasteiger partial charge in [-0.3, -0.25) is 9.58 Å². The normalized spacial score (nSPS) is 25.6. The fraction of sp³-hybridized carbons (Fsp3) is 0.769. The summed E-state index contributed by atoms with van der Waals surface area (Å²) in [6, 6.07) is 0.647. The first-order valence-corrected chi connectivity index (χ1v) is 6.59. The van der Waals surface area contributed by atoms with E-state index in [-0.39, 0.29) is 0 Å². The van der Waals surface area contributed by atoms with Crippen molar-refractivity contribution in [2.24, 2.45) is 18.7 Å². The van der Waals surface area contributed by atoms with E-state index in [1.165, 1.54) is 17.7 Å². The molecule has 2 heterocycles. The highest BCUT2D eigenvalue weighted by molar-refractivity contribution is 5.17. The van der Waals surface area contributed by atoms with E-state index in [1.54, 1.807) is 0 Å². The Hall–Kier alpha value is -0.870. The molecular formula is C13H24N4. The highest BCUT2D eigenvalue weighted by Gasteiger charge is 2.28. The van der Waals surface area contributed by atoms with Crippen LogP contribution < -0.4 is 5.73 Å². The lowest BCUT2D eigenvalue weighted by Crippen LogP contribution is -2.27. The molecule has 1 aromatic rings. The molecule has 1 aliphatic heterocycles. The molecule has 1 aromatic heterocycles. The number of nitrogens with zero attached hydrogens (tertiary/aromatic N) is 3. The van der Waals surface area contributed by atoms with Crippen LogP contribution in [0.5, 0.6) is 0 Å². The maximum atomic E-state index is 5.77. The number of nitrogens with two attached hydrogens (primary N) is 1. The predicted molar refractivity (Wildman–Crippen MR) is 69.6 cm³/mol. The molecule has 17 heavy (non-hydrogen) atoms. The average molecular weight is 236 g/mol. The number of hydrogen-bond acceptors (Lipinski definition) is 3. The third kappa shape index (κ3) is 2.69. The molecule has 2 unspecified atom stereocenters. The molecule has 2 rings (SSSR count). The van der Waals surface area contributed by atoms with Crippen molar-refractivity contribution in [1.29, 1.82) is 0 Å². The molecule has 0 spiro atoms. The molecule has 0 aromatic carbocycles. The fourth-order valence-corrected chi connectivity index (χ4v) is 2.84.